The zero-order chi connectivity index (χ0) is 25.1. The van der Waals surface area contributed by atoms with Crippen LogP contribution >= 0.6 is 0 Å². The fourth-order valence-electron chi connectivity index (χ4n) is 5.72. The normalized spacial score (nSPS) is 20.3. The summed E-state index contributed by atoms with van der Waals surface area (Å²) >= 11 is 0. The minimum Gasteiger partial charge on any atom is -0.496 e. The van der Waals surface area contributed by atoms with Gasteiger partial charge < -0.3 is 25.8 Å². The Hall–Kier alpha value is -2.95. The van der Waals surface area contributed by atoms with E-state index in [1.54, 1.807) is 13.3 Å². The van der Waals surface area contributed by atoms with Gasteiger partial charge in [0.1, 0.15) is 16.8 Å². The number of unbranched alkanes of at least 4 members (excludes halogenated alkanes) is 1. The summed E-state index contributed by atoms with van der Waals surface area (Å²) in [5, 5.41) is 17.2. The number of aromatic nitrogens is 4. The summed E-state index contributed by atoms with van der Waals surface area (Å²) in [7, 11) is 1.72. The van der Waals surface area contributed by atoms with Crippen molar-refractivity contribution in [2.24, 2.45) is 11.8 Å². The molecule has 194 valence electrons. The van der Waals surface area contributed by atoms with Crippen molar-refractivity contribution in [1.29, 1.82) is 0 Å². The van der Waals surface area contributed by atoms with Crippen molar-refractivity contribution in [3.63, 3.8) is 0 Å². The molecule has 3 aromatic rings. The molecule has 10 heteroatoms. The van der Waals surface area contributed by atoms with Crippen LogP contribution in [0, 0.1) is 11.8 Å². The highest BCUT2D eigenvalue weighted by Gasteiger charge is 2.39. The average Bonchev–Trinajstić information content (AvgIpc) is 3.53. The number of aliphatic hydroxyl groups excluding tert-OH is 1. The first-order valence-corrected chi connectivity index (χ1v) is 13.0. The highest BCUT2D eigenvalue weighted by atomic mass is 16.5. The molecule has 2 aliphatic rings. The van der Waals surface area contributed by atoms with Crippen LogP contribution in [0.4, 0.5) is 11.8 Å². The Morgan fingerprint density at radius 1 is 1.11 bits per heavy atom. The molecule has 2 fully saturated rings. The number of aliphatic hydroxyl groups is 1. The first kappa shape index (κ1) is 24.7. The summed E-state index contributed by atoms with van der Waals surface area (Å²) in [6.07, 6.45) is 3.89. The molecule has 0 bridgehead atoms. The highest BCUT2D eigenvalue weighted by Crippen LogP contribution is 2.32. The SMILES string of the molecule is CCCCNc1nc(N)nc2cnn(Cc3ccc(CN4CC5CN(CCO)C[C@@H]5C4)cc3OC)c12. The Bertz CT molecular complexity index is 1170. The Balaban J connectivity index is 1.29. The van der Waals surface area contributed by atoms with Crippen LogP contribution in [0.15, 0.2) is 24.4 Å². The number of benzene rings is 1. The minimum absolute atomic E-state index is 0.245. The molecule has 10 nitrogen and oxygen atoms in total. The van der Waals surface area contributed by atoms with E-state index in [2.05, 4.69) is 55.3 Å². The lowest BCUT2D eigenvalue weighted by Crippen LogP contribution is -2.30. The monoisotopic (exact) mass is 494 g/mol. The van der Waals surface area contributed by atoms with Gasteiger partial charge in [0.15, 0.2) is 5.82 Å². The quantitative estimate of drug-likeness (QED) is 0.344. The number of fused-ring (bicyclic) bond motifs is 2. The van der Waals surface area contributed by atoms with Crippen LogP contribution < -0.4 is 15.8 Å². The maximum atomic E-state index is 9.23. The van der Waals surface area contributed by atoms with Crippen LogP contribution in [-0.2, 0) is 13.1 Å². The van der Waals surface area contributed by atoms with E-state index in [0.29, 0.717) is 18.4 Å². The number of nitrogens with one attached hydrogen (secondary N) is 1. The van der Waals surface area contributed by atoms with Crippen molar-refractivity contribution in [2.75, 3.05) is 64.0 Å². The molecule has 4 heterocycles. The number of nitrogens with two attached hydrogens (primary N) is 1. The van der Waals surface area contributed by atoms with E-state index in [1.165, 1.54) is 5.56 Å². The Labute approximate surface area is 212 Å². The fraction of sp³-hybridized carbons (Fsp3) is 0.577. The van der Waals surface area contributed by atoms with Crippen molar-refractivity contribution < 1.29 is 9.84 Å². The zero-order valence-corrected chi connectivity index (χ0v) is 21.4. The van der Waals surface area contributed by atoms with Gasteiger partial charge in [0, 0.05) is 51.4 Å². The van der Waals surface area contributed by atoms with Gasteiger partial charge in [0.25, 0.3) is 0 Å². The molecular weight excluding hydrogens is 456 g/mol. The number of β-amino-alcohol motifs (C(OH)–C–C–N with tert-alkyl or cyclic N) is 1. The van der Waals surface area contributed by atoms with Crippen LogP contribution in [0.25, 0.3) is 11.0 Å². The smallest absolute Gasteiger partial charge is 0.222 e. The van der Waals surface area contributed by atoms with Gasteiger partial charge in [-0.1, -0.05) is 25.5 Å². The molecular formula is C26H38N8O2. The van der Waals surface area contributed by atoms with Crippen molar-refractivity contribution in [1.82, 2.24) is 29.5 Å². The number of nitrogens with zero attached hydrogens (tertiary/aromatic N) is 6. The molecule has 5 rings (SSSR count). The second-order valence-corrected chi connectivity index (χ2v) is 10.1. The molecule has 0 amide bonds. The maximum Gasteiger partial charge on any atom is 0.222 e. The first-order chi connectivity index (χ1) is 17.6. The summed E-state index contributed by atoms with van der Waals surface area (Å²) in [5.74, 6) is 3.25. The average molecular weight is 495 g/mol. The van der Waals surface area contributed by atoms with Gasteiger partial charge in [-0.3, -0.25) is 9.58 Å². The van der Waals surface area contributed by atoms with Crippen molar-refractivity contribution in [2.45, 2.75) is 32.9 Å². The molecule has 2 aromatic heterocycles. The van der Waals surface area contributed by atoms with Gasteiger partial charge in [-0.05, 0) is 29.9 Å². The van der Waals surface area contributed by atoms with E-state index in [4.69, 9.17) is 10.5 Å². The molecule has 2 saturated heterocycles. The number of hydrogen-bond acceptors (Lipinski definition) is 9. The predicted molar refractivity (Wildman–Crippen MR) is 141 cm³/mol. The van der Waals surface area contributed by atoms with Gasteiger partial charge in [-0.25, -0.2) is 4.98 Å². The van der Waals surface area contributed by atoms with Crippen LogP contribution in [0.1, 0.15) is 30.9 Å². The van der Waals surface area contributed by atoms with Crippen LogP contribution in [0.3, 0.4) is 0 Å². The standard InChI is InChI=1S/C26H38N8O2/c1-3-4-7-28-25-24-22(30-26(27)31-25)11-29-34(24)17-19-6-5-18(10-23(19)36-2)12-33-15-20-13-32(8-9-35)14-21(20)16-33/h5-6,10-11,20-21,35H,3-4,7-9,12-17H2,1-2H3,(H3,27,28,30,31)/t20-,21?/m1/s1. The molecule has 0 radical (unpaired) electrons. The predicted octanol–water partition coefficient (Wildman–Crippen LogP) is 2.03. The number of ether oxygens (including phenoxy) is 1. The van der Waals surface area contributed by atoms with Crippen molar-refractivity contribution in [3.05, 3.63) is 35.5 Å². The topological polar surface area (TPSA) is 118 Å². The molecule has 0 spiro atoms. The molecule has 1 aromatic carbocycles. The number of rotatable bonds is 11. The van der Waals surface area contributed by atoms with Crippen molar-refractivity contribution >= 4 is 22.8 Å². The number of anilines is 2. The molecule has 2 atom stereocenters. The summed E-state index contributed by atoms with van der Waals surface area (Å²) in [4.78, 5) is 13.8. The van der Waals surface area contributed by atoms with E-state index in [9.17, 15) is 5.11 Å². The minimum atomic E-state index is 0.245. The first-order valence-electron chi connectivity index (χ1n) is 13.0. The second-order valence-electron chi connectivity index (χ2n) is 10.1. The highest BCUT2D eigenvalue weighted by molar-refractivity contribution is 5.86. The van der Waals surface area contributed by atoms with E-state index >= 15 is 0 Å². The van der Waals surface area contributed by atoms with E-state index < -0.39 is 0 Å². The zero-order valence-electron chi connectivity index (χ0n) is 21.4. The van der Waals surface area contributed by atoms with Gasteiger partial charge in [0.2, 0.25) is 5.95 Å². The van der Waals surface area contributed by atoms with E-state index in [1.807, 2.05) is 4.68 Å². The molecule has 0 saturated carbocycles. The van der Waals surface area contributed by atoms with Crippen LogP contribution in [-0.4, -0.2) is 87.6 Å². The number of likely N-dealkylation sites (tertiary alicyclic amines) is 2. The second kappa shape index (κ2) is 11.0. The number of hydrogen-bond donors (Lipinski definition) is 3. The summed E-state index contributed by atoms with van der Waals surface area (Å²) in [6.45, 7) is 9.95. The molecule has 36 heavy (non-hydrogen) atoms. The van der Waals surface area contributed by atoms with Gasteiger partial charge in [-0.2, -0.15) is 10.1 Å². The Morgan fingerprint density at radius 2 is 1.89 bits per heavy atom. The van der Waals surface area contributed by atoms with Crippen molar-refractivity contribution in [3.8, 4) is 5.75 Å². The Kier molecular flexibility index (Phi) is 7.54. The van der Waals surface area contributed by atoms with Gasteiger partial charge in [-0.15, -0.1) is 0 Å². The maximum absolute atomic E-state index is 9.23. The van der Waals surface area contributed by atoms with E-state index in [0.717, 1.165) is 86.8 Å². The fourth-order valence-corrected chi connectivity index (χ4v) is 5.72. The third-order valence-corrected chi connectivity index (χ3v) is 7.46. The van der Waals surface area contributed by atoms with Crippen LogP contribution in [0.5, 0.6) is 5.75 Å². The number of nitrogen functional groups attached to an aromatic ring is 1. The van der Waals surface area contributed by atoms with Gasteiger partial charge in [0.05, 0.1) is 26.5 Å². The summed E-state index contributed by atoms with van der Waals surface area (Å²) in [5.41, 5.74) is 9.83. The van der Waals surface area contributed by atoms with Crippen LogP contribution in [0.2, 0.25) is 0 Å². The van der Waals surface area contributed by atoms with Gasteiger partial charge >= 0.3 is 0 Å². The lowest BCUT2D eigenvalue weighted by Gasteiger charge is -2.21. The summed E-state index contributed by atoms with van der Waals surface area (Å²) < 4.78 is 7.72. The Morgan fingerprint density at radius 3 is 2.61 bits per heavy atom. The van der Waals surface area contributed by atoms with E-state index in [-0.39, 0.29) is 12.6 Å². The lowest BCUT2D eigenvalue weighted by atomic mass is 10.0. The molecule has 2 aliphatic heterocycles. The molecule has 0 aliphatic carbocycles. The number of methoxy groups -OCH3 is 1. The largest absolute Gasteiger partial charge is 0.496 e. The third-order valence-electron chi connectivity index (χ3n) is 7.46. The summed E-state index contributed by atoms with van der Waals surface area (Å²) in [6, 6.07) is 6.50. The third kappa shape index (κ3) is 5.25. The molecule has 1 unspecified atom stereocenters. The molecule has 4 N–H and O–H groups in total. The lowest BCUT2D eigenvalue weighted by molar-refractivity contribution is 0.199.